The molecule has 28 heavy (non-hydrogen) atoms. The maximum atomic E-state index is 12.7. The van der Waals surface area contributed by atoms with Gasteiger partial charge in [-0.15, -0.1) is 0 Å². The summed E-state index contributed by atoms with van der Waals surface area (Å²) in [6.07, 6.45) is 2.92. The van der Waals surface area contributed by atoms with Gasteiger partial charge in [-0.1, -0.05) is 18.2 Å². The Bertz CT molecular complexity index is 888. The highest BCUT2D eigenvalue weighted by atomic mass is 79.9. The quantitative estimate of drug-likeness (QED) is 0.560. The Labute approximate surface area is 170 Å². The molecular formula is C19H19BrN4O4. The SMILES string of the molecule is O=C(Nc1ccc(Br)cn1)C1CCCN(C(=O)Cc2ccccc2[N+](=O)[O-])C1. The lowest BCUT2D eigenvalue weighted by Crippen LogP contribution is -2.44. The molecule has 1 atom stereocenters. The molecule has 1 N–H and O–H groups in total. The Morgan fingerprint density at radius 1 is 1.29 bits per heavy atom. The third kappa shape index (κ3) is 4.92. The van der Waals surface area contributed by atoms with E-state index in [0.29, 0.717) is 37.3 Å². The van der Waals surface area contributed by atoms with Crippen LogP contribution in [0.1, 0.15) is 18.4 Å². The number of nitrogens with one attached hydrogen (secondary N) is 1. The van der Waals surface area contributed by atoms with Crippen molar-refractivity contribution in [2.24, 2.45) is 5.92 Å². The molecule has 8 nitrogen and oxygen atoms in total. The maximum Gasteiger partial charge on any atom is 0.273 e. The molecule has 1 aromatic heterocycles. The Morgan fingerprint density at radius 2 is 2.07 bits per heavy atom. The first-order valence-corrected chi connectivity index (χ1v) is 9.66. The van der Waals surface area contributed by atoms with E-state index in [4.69, 9.17) is 0 Å². The largest absolute Gasteiger partial charge is 0.342 e. The second kappa shape index (κ2) is 8.92. The van der Waals surface area contributed by atoms with Crippen LogP contribution in [0.5, 0.6) is 0 Å². The number of para-hydroxylation sites is 1. The first kappa shape index (κ1) is 19.9. The van der Waals surface area contributed by atoms with E-state index in [9.17, 15) is 19.7 Å². The fourth-order valence-electron chi connectivity index (χ4n) is 3.21. The predicted octanol–water partition coefficient (Wildman–Crippen LogP) is 3.17. The van der Waals surface area contributed by atoms with Crippen LogP contribution in [0, 0.1) is 16.0 Å². The molecule has 0 bridgehead atoms. The summed E-state index contributed by atoms with van der Waals surface area (Å²) < 4.78 is 0.815. The number of nitro groups is 1. The summed E-state index contributed by atoms with van der Waals surface area (Å²) in [5.74, 6) is -0.281. The van der Waals surface area contributed by atoms with Crippen LogP contribution in [-0.2, 0) is 16.0 Å². The highest BCUT2D eigenvalue weighted by Gasteiger charge is 2.29. The lowest BCUT2D eigenvalue weighted by Gasteiger charge is -2.32. The van der Waals surface area contributed by atoms with Gasteiger partial charge >= 0.3 is 0 Å². The normalized spacial score (nSPS) is 16.5. The number of nitrogens with zero attached hydrogens (tertiary/aromatic N) is 3. The van der Waals surface area contributed by atoms with Crippen LogP contribution in [-0.4, -0.2) is 39.7 Å². The Kier molecular flexibility index (Phi) is 6.35. The Balaban J connectivity index is 1.62. The van der Waals surface area contributed by atoms with E-state index in [1.807, 2.05) is 0 Å². The molecule has 1 aromatic carbocycles. The molecule has 1 aliphatic rings. The maximum absolute atomic E-state index is 12.7. The number of halogens is 1. The Hall–Kier alpha value is -2.81. The number of hydrogen-bond acceptors (Lipinski definition) is 5. The van der Waals surface area contributed by atoms with Crippen LogP contribution in [0.4, 0.5) is 11.5 Å². The van der Waals surface area contributed by atoms with Crippen molar-refractivity contribution in [1.29, 1.82) is 0 Å². The van der Waals surface area contributed by atoms with Gasteiger partial charge in [0.05, 0.1) is 17.3 Å². The first-order chi connectivity index (χ1) is 13.4. The lowest BCUT2D eigenvalue weighted by atomic mass is 9.96. The van der Waals surface area contributed by atoms with E-state index in [1.54, 1.807) is 41.4 Å². The minimum atomic E-state index is -0.486. The minimum absolute atomic E-state index is 0.0558. The zero-order chi connectivity index (χ0) is 20.1. The van der Waals surface area contributed by atoms with Gasteiger partial charge in [-0.3, -0.25) is 19.7 Å². The summed E-state index contributed by atoms with van der Waals surface area (Å²) in [5, 5.41) is 13.9. The Morgan fingerprint density at radius 3 is 2.79 bits per heavy atom. The number of amides is 2. The second-order valence-corrected chi connectivity index (χ2v) is 7.51. The van der Waals surface area contributed by atoms with E-state index >= 15 is 0 Å². The number of benzene rings is 1. The van der Waals surface area contributed by atoms with Crippen molar-refractivity contribution in [3.8, 4) is 0 Å². The number of hydrogen-bond donors (Lipinski definition) is 1. The number of aromatic nitrogens is 1. The van der Waals surface area contributed by atoms with E-state index in [1.165, 1.54) is 6.07 Å². The number of anilines is 1. The summed E-state index contributed by atoms with van der Waals surface area (Å²) in [7, 11) is 0. The molecule has 2 heterocycles. The number of rotatable bonds is 5. The number of carbonyl (C=O) groups excluding carboxylic acids is 2. The van der Waals surface area contributed by atoms with Gasteiger partial charge in [-0.05, 0) is 40.9 Å². The minimum Gasteiger partial charge on any atom is -0.342 e. The van der Waals surface area contributed by atoms with Crippen molar-refractivity contribution in [3.63, 3.8) is 0 Å². The topological polar surface area (TPSA) is 105 Å². The smallest absolute Gasteiger partial charge is 0.273 e. The van der Waals surface area contributed by atoms with Crippen LogP contribution in [0.2, 0.25) is 0 Å². The van der Waals surface area contributed by atoms with Crippen molar-refractivity contribution < 1.29 is 14.5 Å². The zero-order valence-electron chi connectivity index (χ0n) is 15.0. The van der Waals surface area contributed by atoms with Gasteiger partial charge in [0, 0.05) is 35.4 Å². The van der Waals surface area contributed by atoms with Gasteiger partial charge in [0.25, 0.3) is 5.69 Å². The van der Waals surface area contributed by atoms with Crippen molar-refractivity contribution in [1.82, 2.24) is 9.88 Å². The third-order valence-corrected chi connectivity index (χ3v) is 5.12. The fourth-order valence-corrected chi connectivity index (χ4v) is 3.44. The van der Waals surface area contributed by atoms with Crippen molar-refractivity contribution >= 4 is 39.2 Å². The molecule has 0 spiro atoms. The average Bonchev–Trinajstić information content (AvgIpc) is 2.70. The molecule has 0 aliphatic carbocycles. The van der Waals surface area contributed by atoms with Gasteiger partial charge in [0.15, 0.2) is 0 Å². The standard InChI is InChI=1S/C19H19BrN4O4/c20-15-7-8-17(21-11-15)22-19(26)14-5-3-9-23(12-14)18(25)10-13-4-1-2-6-16(13)24(27)28/h1-2,4,6-8,11,14H,3,5,9-10,12H2,(H,21,22,26). The molecule has 0 radical (unpaired) electrons. The zero-order valence-corrected chi connectivity index (χ0v) is 16.6. The van der Waals surface area contributed by atoms with Gasteiger partial charge in [-0.25, -0.2) is 4.98 Å². The van der Waals surface area contributed by atoms with Crippen LogP contribution in [0.3, 0.4) is 0 Å². The number of likely N-dealkylation sites (tertiary alicyclic amines) is 1. The molecule has 3 rings (SSSR count). The van der Waals surface area contributed by atoms with Crippen molar-refractivity contribution in [2.75, 3.05) is 18.4 Å². The molecule has 2 amide bonds. The molecule has 1 aliphatic heterocycles. The summed E-state index contributed by atoms with van der Waals surface area (Å²) >= 11 is 3.29. The van der Waals surface area contributed by atoms with Crippen molar-refractivity contribution in [2.45, 2.75) is 19.3 Å². The predicted molar refractivity (Wildman–Crippen MR) is 107 cm³/mol. The van der Waals surface area contributed by atoms with E-state index in [0.717, 1.165) is 4.47 Å². The summed E-state index contributed by atoms with van der Waals surface area (Å²) in [6.45, 7) is 0.835. The average molecular weight is 447 g/mol. The van der Waals surface area contributed by atoms with Crippen LogP contribution in [0.25, 0.3) is 0 Å². The fraction of sp³-hybridized carbons (Fsp3) is 0.316. The highest BCUT2D eigenvalue weighted by Crippen LogP contribution is 2.22. The number of carbonyl (C=O) groups is 2. The van der Waals surface area contributed by atoms with Crippen LogP contribution < -0.4 is 5.32 Å². The summed E-state index contributed by atoms with van der Waals surface area (Å²) in [4.78, 5) is 41.6. The van der Waals surface area contributed by atoms with E-state index in [-0.39, 0.29) is 29.8 Å². The number of nitro benzene ring substituents is 1. The number of piperidine rings is 1. The van der Waals surface area contributed by atoms with E-state index in [2.05, 4.69) is 26.2 Å². The monoisotopic (exact) mass is 446 g/mol. The molecule has 146 valence electrons. The van der Waals surface area contributed by atoms with Gasteiger partial charge in [0.2, 0.25) is 11.8 Å². The summed E-state index contributed by atoms with van der Waals surface area (Å²) in [6, 6.07) is 9.70. The van der Waals surface area contributed by atoms with Gasteiger partial charge in [0.1, 0.15) is 5.82 Å². The summed E-state index contributed by atoms with van der Waals surface area (Å²) in [5.41, 5.74) is 0.312. The molecular weight excluding hydrogens is 428 g/mol. The van der Waals surface area contributed by atoms with Gasteiger partial charge < -0.3 is 10.2 Å². The van der Waals surface area contributed by atoms with E-state index < -0.39 is 4.92 Å². The molecule has 1 fully saturated rings. The lowest BCUT2D eigenvalue weighted by molar-refractivity contribution is -0.385. The third-order valence-electron chi connectivity index (χ3n) is 4.65. The van der Waals surface area contributed by atoms with Crippen LogP contribution >= 0.6 is 15.9 Å². The molecule has 9 heteroatoms. The van der Waals surface area contributed by atoms with Gasteiger partial charge in [-0.2, -0.15) is 0 Å². The molecule has 1 saturated heterocycles. The van der Waals surface area contributed by atoms with Crippen molar-refractivity contribution in [3.05, 3.63) is 62.7 Å². The second-order valence-electron chi connectivity index (χ2n) is 6.59. The highest BCUT2D eigenvalue weighted by molar-refractivity contribution is 9.10. The molecule has 0 saturated carbocycles. The van der Waals surface area contributed by atoms with Crippen LogP contribution in [0.15, 0.2) is 47.1 Å². The molecule has 1 unspecified atom stereocenters. The molecule has 2 aromatic rings. The first-order valence-electron chi connectivity index (χ1n) is 8.86. The number of pyridine rings is 1.